The molecule has 0 radical (unpaired) electrons. The molecule has 34 heavy (non-hydrogen) atoms. The first-order valence-electron chi connectivity index (χ1n) is 13.3. The van der Waals surface area contributed by atoms with Gasteiger partial charge in [-0.1, -0.05) is 30.7 Å². The second-order valence-corrected chi connectivity index (χ2v) is 12.0. The molecule has 4 fully saturated rings. The van der Waals surface area contributed by atoms with E-state index in [1.807, 2.05) is 0 Å². The van der Waals surface area contributed by atoms with Gasteiger partial charge >= 0.3 is 5.97 Å². The first-order valence-corrected chi connectivity index (χ1v) is 13.3. The van der Waals surface area contributed by atoms with E-state index in [4.69, 9.17) is 4.84 Å². The van der Waals surface area contributed by atoms with Crippen LogP contribution in [0.4, 0.5) is 0 Å². The maximum atomic E-state index is 12.2. The highest BCUT2D eigenvalue weighted by Crippen LogP contribution is 2.66. The zero-order valence-electron chi connectivity index (χ0n) is 20.6. The zero-order chi connectivity index (χ0) is 24.1. The van der Waals surface area contributed by atoms with Gasteiger partial charge < -0.3 is 4.84 Å². The van der Waals surface area contributed by atoms with Crippen molar-refractivity contribution in [2.75, 3.05) is 0 Å². The van der Waals surface area contributed by atoms with Crippen molar-refractivity contribution in [3.63, 3.8) is 0 Å². The fraction of sp³-hybridized carbons (Fsp3) is 0.815. The van der Waals surface area contributed by atoms with E-state index in [9.17, 15) is 19.3 Å². The maximum Gasteiger partial charge on any atom is 0.333 e. The Morgan fingerprint density at radius 3 is 2.59 bits per heavy atom. The van der Waals surface area contributed by atoms with E-state index in [0.29, 0.717) is 22.3 Å². The molecule has 7 heteroatoms. The monoisotopic (exact) mass is 470 g/mol. The predicted octanol–water partition coefficient (Wildman–Crippen LogP) is 5.48. The Balaban J connectivity index is 1.19. The minimum absolute atomic E-state index is 0.0333. The molecule has 5 rings (SSSR count). The lowest BCUT2D eigenvalue weighted by Crippen LogP contribution is -2.50. The highest BCUT2D eigenvalue weighted by Gasteiger charge is 2.58. The van der Waals surface area contributed by atoms with Crippen molar-refractivity contribution < 1.29 is 19.2 Å². The van der Waals surface area contributed by atoms with Crippen LogP contribution in [0.5, 0.6) is 0 Å². The second kappa shape index (κ2) is 8.87. The molecular weight excluding hydrogens is 432 g/mol. The van der Waals surface area contributed by atoms with Crippen LogP contribution in [0.3, 0.4) is 0 Å². The summed E-state index contributed by atoms with van der Waals surface area (Å²) in [4.78, 5) is 51.8. The van der Waals surface area contributed by atoms with Gasteiger partial charge in [-0.05, 0) is 98.7 Å². The Hall–Kier alpha value is -2.05. The molecule has 0 aromatic heterocycles. The first-order chi connectivity index (χ1) is 16.3. The number of hydroxylamine groups is 2. The Kier molecular flexibility index (Phi) is 6.18. The van der Waals surface area contributed by atoms with Gasteiger partial charge in [0.05, 0.1) is 6.04 Å². The summed E-state index contributed by atoms with van der Waals surface area (Å²) in [5.41, 5.74) is 2.05. The smallest absolute Gasteiger partial charge is 0.330 e. The predicted molar refractivity (Wildman–Crippen MR) is 126 cm³/mol. The van der Waals surface area contributed by atoms with Gasteiger partial charge in [0.25, 0.3) is 11.8 Å². The molecule has 0 aromatic rings. The highest BCUT2D eigenvalue weighted by molar-refractivity contribution is 6.01. The van der Waals surface area contributed by atoms with Crippen LogP contribution in [0.1, 0.15) is 97.3 Å². The molecule has 0 N–H and O–H groups in total. The molecule has 0 aromatic carbocycles. The van der Waals surface area contributed by atoms with E-state index in [-0.39, 0.29) is 30.7 Å². The number of carbonyl (C=O) groups excluding carboxylic acids is 3. The van der Waals surface area contributed by atoms with Gasteiger partial charge in [-0.25, -0.2) is 4.79 Å². The third-order valence-corrected chi connectivity index (χ3v) is 10.6. The van der Waals surface area contributed by atoms with Gasteiger partial charge in [0.15, 0.2) is 0 Å². The third kappa shape index (κ3) is 3.83. The number of nitrogens with zero attached hydrogens (tertiary/aromatic N) is 2. The molecule has 3 saturated carbocycles. The Bertz CT molecular complexity index is 899. The molecular formula is C27H38N2O5. The molecule has 6 unspecified atom stereocenters. The van der Waals surface area contributed by atoms with Crippen molar-refractivity contribution in [3.8, 4) is 0 Å². The van der Waals surface area contributed by atoms with Crippen LogP contribution in [-0.4, -0.2) is 28.9 Å². The topological polar surface area (TPSA) is 93.1 Å². The van der Waals surface area contributed by atoms with Gasteiger partial charge in [0.1, 0.15) is 0 Å². The van der Waals surface area contributed by atoms with Crippen LogP contribution in [-0.2, 0) is 19.2 Å². The third-order valence-electron chi connectivity index (χ3n) is 10.6. The number of hydrogen-bond donors (Lipinski definition) is 0. The second-order valence-electron chi connectivity index (χ2n) is 12.0. The lowest BCUT2D eigenvalue weighted by atomic mass is 9.47. The molecule has 1 saturated heterocycles. The van der Waals surface area contributed by atoms with E-state index >= 15 is 0 Å². The van der Waals surface area contributed by atoms with Gasteiger partial charge in [-0.2, -0.15) is 4.91 Å². The van der Waals surface area contributed by atoms with Crippen molar-refractivity contribution >= 4 is 17.8 Å². The average Bonchev–Trinajstić information content (AvgIpc) is 3.32. The maximum absolute atomic E-state index is 12.2. The van der Waals surface area contributed by atoms with Crippen molar-refractivity contribution in [2.24, 2.45) is 39.7 Å². The summed E-state index contributed by atoms with van der Waals surface area (Å²) in [5.74, 6) is 1.43. The molecule has 1 heterocycles. The molecule has 4 aliphatic carbocycles. The molecule has 7 atom stereocenters. The van der Waals surface area contributed by atoms with Crippen LogP contribution in [0.25, 0.3) is 0 Å². The minimum Gasteiger partial charge on any atom is -0.330 e. The standard InChI is InChI=1S/C27H38N2O5/c1-26-15-13-22-20(8-6-18-16-19(28-33)12-14-27(18,22)2)21(26)9-7-17(26)4-3-5-25(32)34-29-23(30)10-11-24(29)31/h6,17,19-22H,3-5,7-16H2,1-2H3/t17?,19?,20?,21-,22?,26?,27?/m0/s1. The van der Waals surface area contributed by atoms with Crippen molar-refractivity contribution in [3.05, 3.63) is 16.6 Å². The number of rotatable bonds is 6. The van der Waals surface area contributed by atoms with E-state index in [2.05, 4.69) is 25.1 Å². The lowest BCUT2D eigenvalue weighted by Gasteiger charge is -2.58. The number of fused-ring (bicyclic) bond motifs is 5. The van der Waals surface area contributed by atoms with Gasteiger partial charge in [0, 0.05) is 19.3 Å². The fourth-order valence-corrected chi connectivity index (χ4v) is 8.61. The summed E-state index contributed by atoms with van der Waals surface area (Å²) in [6.45, 7) is 4.94. The van der Waals surface area contributed by atoms with E-state index in [1.54, 1.807) is 0 Å². The fourth-order valence-electron chi connectivity index (χ4n) is 8.61. The van der Waals surface area contributed by atoms with Crippen LogP contribution in [0.2, 0.25) is 0 Å². The molecule has 0 spiro atoms. The lowest BCUT2D eigenvalue weighted by molar-refractivity contribution is -0.197. The summed E-state index contributed by atoms with van der Waals surface area (Å²) in [5, 5.41) is 4.02. The number of allylic oxidation sites excluding steroid dienone is 1. The molecule has 7 nitrogen and oxygen atoms in total. The first kappa shape index (κ1) is 23.7. The van der Waals surface area contributed by atoms with Crippen LogP contribution in [0.15, 0.2) is 16.8 Å². The summed E-state index contributed by atoms with van der Waals surface area (Å²) in [6, 6.07) is -0.0333. The number of imide groups is 1. The van der Waals surface area contributed by atoms with Gasteiger partial charge in [-0.15, -0.1) is 5.06 Å². The van der Waals surface area contributed by atoms with Crippen molar-refractivity contribution in [1.29, 1.82) is 0 Å². The molecule has 1 aliphatic heterocycles. The Labute approximate surface area is 202 Å². The molecule has 0 bridgehead atoms. The summed E-state index contributed by atoms with van der Waals surface area (Å²) in [7, 11) is 0. The van der Waals surface area contributed by atoms with Gasteiger partial charge in [-0.3, -0.25) is 9.59 Å². The number of hydrogen-bond acceptors (Lipinski definition) is 6. The summed E-state index contributed by atoms with van der Waals surface area (Å²) >= 11 is 0. The minimum atomic E-state index is -0.481. The van der Waals surface area contributed by atoms with Crippen LogP contribution < -0.4 is 0 Å². The Morgan fingerprint density at radius 2 is 1.85 bits per heavy atom. The quantitative estimate of drug-likeness (QED) is 0.291. The summed E-state index contributed by atoms with van der Waals surface area (Å²) in [6.07, 6.45) is 13.7. The highest BCUT2D eigenvalue weighted by atomic mass is 16.7. The van der Waals surface area contributed by atoms with Gasteiger partial charge in [0.2, 0.25) is 0 Å². The normalized spacial score (nSPS) is 41.4. The van der Waals surface area contributed by atoms with Crippen molar-refractivity contribution in [2.45, 2.75) is 103 Å². The summed E-state index contributed by atoms with van der Waals surface area (Å²) < 4.78 is 0. The van der Waals surface area contributed by atoms with E-state index < -0.39 is 17.8 Å². The largest absolute Gasteiger partial charge is 0.333 e. The number of nitroso groups, excluding NO2 is 1. The average molecular weight is 471 g/mol. The van der Waals surface area contributed by atoms with E-state index in [0.717, 1.165) is 50.4 Å². The zero-order valence-corrected chi connectivity index (χ0v) is 20.6. The SMILES string of the molecule is CC12CCC(N=O)CC1=CCC1C2CCC2(C)C(CCCC(=O)ON3C(=O)CCC3=O)CC[C@@H]12. The van der Waals surface area contributed by atoms with Crippen molar-refractivity contribution in [1.82, 2.24) is 5.06 Å². The molecule has 2 amide bonds. The number of amides is 2. The molecule has 186 valence electrons. The van der Waals surface area contributed by atoms with Crippen LogP contribution in [0, 0.1) is 39.4 Å². The van der Waals surface area contributed by atoms with Crippen LogP contribution >= 0.6 is 0 Å². The Morgan fingerprint density at radius 1 is 1.09 bits per heavy atom. The molecule has 5 aliphatic rings. The number of carbonyl (C=O) groups is 3. The van der Waals surface area contributed by atoms with E-state index in [1.165, 1.54) is 31.3 Å².